The molecule has 0 aromatic heterocycles. The SMILES string of the molecule is CCCCCCCCCCCCCCCCCCC(=O)O[C@H](COC(=O)CCCCCCCCCCCCCCCCC)COP(=O)(O)OC[C@@H](O)COP(=O)(O)OC[C@@H](COC(=O)CCCCCCCCC(C)CC)OC(=O)CCCCCCCCCCCCCCCC. The van der Waals surface area contributed by atoms with Crippen molar-refractivity contribution in [2.24, 2.45) is 5.92 Å². The van der Waals surface area contributed by atoms with Gasteiger partial charge in [-0.3, -0.25) is 37.3 Å². The third-order valence-electron chi connectivity index (χ3n) is 18.1. The number of rotatable bonds is 76. The van der Waals surface area contributed by atoms with Gasteiger partial charge >= 0.3 is 39.5 Å². The second-order valence-corrected chi connectivity index (χ2v) is 30.5. The van der Waals surface area contributed by atoms with Crippen LogP contribution in [0, 0.1) is 5.92 Å². The topological polar surface area (TPSA) is 237 Å². The number of aliphatic hydroxyl groups is 1. The Bertz CT molecular complexity index is 1820. The summed E-state index contributed by atoms with van der Waals surface area (Å²) >= 11 is 0. The van der Waals surface area contributed by atoms with Crippen molar-refractivity contribution in [3.8, 4) is 0 Å². The minimum Gasteiger partial charge on any atom is -0.462 e. The van der Waals surface area contributed by atoms with Gasteiger partial charge in [0.25, 0.3) is 0 Å². The summed E-state index contributed by atoms with van der Waals surface area (Å²) in [6, 6.07) is 0. The van der Waals surface area contributed by atoms with Crippen molar-refractivity contribution in [3.05, 3.63) is 0 Å². The molecule has 19 heteroatoms. The van der Waals surface area contributed by atoms with E-state index in [0.29, 0.717) is 25.7 Å². The molecule has 0 aliphatic heterocycles. The maximum absolute atomic E-state index is 13.1. The molecule has 6 atom stereocenters. The zero-order chi connectivity index (χ0) is 69.8. The van der Waals surface area contributed by atoms with E-state index in [9.17, 15) is 43.2 Å². The number of hydrogen-bond donors (Lipinski definition) is 3. The highest BCUT2D eigenvalue weighted by molar-refractivity contribution is 7.47. The quantitative estimate of drug-likeness (QED) is 0.0222. The van der Waals surface area contributed by atoms with E-state index in [0.717, 1.165) is 102 Å². The van der Waals surface area contributed by atoms with Crippen molar-refractivity contribution >= 4 is 39.5 Å². The summed E-state index contributed by atoms with van der Waals surface area (Å²) in [5, 5.41) is 10.6. The summed E-state index contributed by atoms with van der Waals surface area (Å²) in [5.74, 6) is -1.38. The Morgan fingerprint density at radius 3 is 0.747 bits per heavy atom. The molecule has 0 bridgehead atoms. The first-order chi connectivity index (χ1) is 46.1. The van der Waals surface area contributed by atoms with Gasteiger partial charge in [-0.15, -0.1) is 0 Å². The van der Waals surface area contributed by atoms with Gasteiger partial charge in [-0.2, -0.15) is 0 Å². The Balaban J connectivity index is 5.25. The van der Waals surface area contributed by atoms with Gasteiger partial charge in [-0.25, -0.2) is 9.13 Å². The predicted octanol–water partition coefficient (Wildman–Crippen LogP) is 22.5. The van der Waals surface area contributed by atoms with Gasteiger partial charge in [0.15, 0.2) is 12.2 Å². The van der Waals surface area contributed by atoms with Crippen LogP contribution in [-0.4, -0.2) is 96.7 Å². The number of carbonyl (C=O) groups is 4. The molecule has 0 saturated carbocycles. The van der Waals surface area contributed by atoms with E-state index in [2.05, 4.69) is 34.6 Å². The molecule has 0 aliphatic rings. The van der Waals surface area contributed by atoms with Crippen molar-refractivity contribution in [2.45, 2.75) is 419 Å². The molecular formula is C76H148O17P2. The zero-order valence-electron chi connectivity index (χ0n) is 61.8. The molecule has 0 spiro atoms. The Kier molecular flexibility index (Phi) is 67.7. The summed E-state index contributed by atoms with van der Waals surface area (Å²) in [4.78, 5) is 72.8. The largest absolute Gasteiger partial charge is 0.472 e. The van der Waals surface area contributed by atoms with E-state index < -0.39 is 97.5 Å². The summed E-state index contributed by atoms with van der Waals surface area (Å²) < 4.78 is 68.6. The highest BCUT2D eigenvalue weighted by Gasteiger charge is 2.30. The van der Waals surface area contributed by atoms with Gasteiger partial charge in [0.05, 0.1) is 26.4 Å². The van der Waals surface area contributed by atoms with E-state index in [-0.39, 0.29) is 25.7 Å². The Labute approximate surface area is 581 Å². The number of hydrogen-bond acceptors (Lipinski definition) is 15. The molecule has 17 nitrogen and oxygen atoms in total. The molecule has 0 saturated heterocycles. The van der Waals surface area contributed by atoms with Crippen LogP contribution < -0.4 is 0 Å². The first kappa shape index (κ1) is 93.1. The van der Waals surface area contributed by atoms with E-state index in [1.165, 1.54) is 218 Å². The lowest BCUT2D eigenvalue weighted by molar-refractivity contribution is -0.161. The van der Waals surface area contributed by atoms with Gasteiger partial charge in [-0.05, 0) is 31.6 Å². The average Bonchev–Trinajstić information content (AvgIpc) is 1.83. The number of esters is 4. The lowest BCUT2D eigenvalue weighted by Crippen LogP contribution is -2.30. The summed E-state index contributed by atoms with van der Waals surface area (Å²) in [6.45, 7) is 7.27. The van der Waals surface area contributed by atoms with Crippen molar-refractivity contribution < 1.29 is 80.2 Å². The number of phosphoric ester groups is 2. The number of phosphoric acid groups is 2. The number of unbranched alkanes of at least 4 members (excludes halogenated alkanes) is 47. The fourth-order valence-corrected chi connectivity index (χ4v) is 13.3. The van der Waals surface area contributed by atoms with Crippen LogP contribution in [0.5, 0.6) is 0 Å². The molecule has 0 rings (SSSR count). The van der Waals surface area contributed by atoms with E-state index in [4.69, 9.17) is 37.0 Å². The summed E-state index contributed by atoms with van der Waals surface area (Å²) in [6.07, 6.45) is 58.1. The lowest BCUT2D eigenvalue weighted by Gasteiger charge is -2.21. The fourth-order valence-electron chi connectivity index (χ4n) is 11.7. The maximum Gasteiger partial charge on any atom is 0.472 e. The van der Waals surface area contributed by atoms with E-state index >= 15 is 0 Å². The smallest absolute Gasteiger partial charge is 0.462 e. The number of aliphatic hydroxyl groups excluding tert-OH is 1. The van der Waals surface area contributed by atoms with Gasteiger partial charge in [0, 0.05) is 25.7 Å². The Morgan fingerprint density at radius 2 is 0.505 bits per heavy atom. The molecule has 95 heavy (non-hydrogen) atoms. The molecular weight excluding hydrogens is 1250 g/mol. The Hall–Kier alpha value is -1.94. The summed E-state index contributed by atoms with van der Waals surface area (Å²) in [5.41, 5.74) is 0. The van der Waals surface area contributed by atoms with Crippen LogP contribution in [0.4, 0.5) is 0 Å². The molecule has 0 amide bonds. The van der Waals surface area contributed by atoms with Crippen LogP contribution in [0.3, 0.4) is 0 Å². The molecule has 0 aromatic carbocycles. The monoisotopic (exact) mass is 1400 g/mol. The van der Waals surface area contributed by atoms with Gasteiger partial charge < -0.3 is 33.8 Å². The highest BCUT2D eigenvalue weighted by atomic mass is 31.2. The molecule has 564 valence electrons. The van der Waals surface area contributed by atoms with Gasteiger partial charge in [0.1, 0.15) is 19.3 Å². The second kappa shape index (κ2) is 69.2. The van der Waals surface area contributed by atoms with Crippen molar-refractivity contribution in [2.75, 3.05) is 39.6 Å². The zero-order valence-corrected chi connectivity index (χ0v) is 63.6. The van der Waals surface area contributed by atoms with Crippen LogP contribution in [0.25, 0.3) is 0 Å². The van der Waals surface area contributed by atoms with Gasteiger partial charge in [0.2, 0.25) is 0 Å². The predicted molar refractivity (Wildman–Crippen MR) is 386 cm³/mol. The highest BCUT2D eigenvalue weighted by Crippen LogP contribution is 2.45. The average molecular weight is 1400 g/mol. The number of carbonyl (C=O) groups excluding carboxylic acids is 4. The molecule has 0 heterocycles. The molecule has 0 fully saturated rings. The molecule has 3 unspecified atom stereocenters. The normalized spacial score (nSPS) is 14.2. The fraction of sp³-hybridized carbons (Fsp3) is 0.947. The minimum absolute atomic E-state index is 0.107. The number of ether oxygens (including phenoxy) is 4. The van der Waals surface area contributed by atoms with Crippen LogP contribution in [0.1, 0.15) is 401 Å². The first-order valence-electron chi connectivity index (χ1n) is 39.7. The van der Waals surface area contributed by atoms with Crippen molar-refractivity contribution in [1.29, 1.82) is 0 Å². The van der Waals surface area contributed by atoms with Crippen LogP contribution in [-0.2, 0) is 65.4 Å². The Morgan fingerprint density at radius 1 is 0.295 bits per heavy atom. The van der Waals surface area contributed by atoms with Crippen molar-refractivity contribution in [1.82, 2.24) is 0 Å². The standard InChI is InChI=1S/C76H148O17P2/c1-6-10-13-16-19-22-25-28-31-33-36-39-42-45-52-57-62-75(80)92-71(65-86-73(78)59-54-49-43-40-37-35-32-29-26-23-20-17-14-11-7-2)67-90-94(82,83)88-63-70(77)64-89-95(84,85)91-68-72(66-87-74(79)60-55-50-47-46-48-53-58-69(5)9-4)93-76(81)61-56-51-44-41-38-34-30-27-24-21-18-15-12-8-3/h69-72,77H,6-68H2,1-5H3,(H,82,83)(H,84,85)/t69?,70-,71-,72-/m1/s1. The first-order valence-corrected chi connectivity index (χ1v) is 42.7. The molecule has 0 radical (unpaired) electrons. The summed E-state index contributed by atoms with van der Waals surface area (Å²) in [7, 11) is -9.91. The van der Waals surface area contributed by atoms with Gasteiger partial charge in [-0.1, -0.05) is 349 Å². The van der Waals surface area contributed by atoms with Crippen LogP contribution in [0.2, 0.25) is 0 Å². The van der Waals surface area contributed by atoms with Crippen LogP contribution in [0.15, 0.2) is 0 Å². The molecule has 3 N–H and O–H groups in total. The third-order valence-corrected chi connectivity index (χ3v) is 20.0. The molecule has 0 aliphatic carbocycles. The minimum atomic E-state index is -4.96. The third kappa shape index (κ3) is 69.0. The molecule has 0 aromatic rings. The van der Waals surface area contributed by atoms with Crippen molar-refractivity contribution in [3.63, 3.8) is 0 Å². The maximum atomic E-state index is 13.1. The second-order valence-electron chi connectivity index (χ2n) is 27.6. The lowest BCUT2D eigenvalue weighted by atomic mass is 10.00. The van der Waals surface area contributed by atoms with Crippen LogP contribution >= 0.6 is 15.6 Å². The van der Waals surface area contributed by atoms with E-state index in [1.807, 2.05) is 0 Å². The van der Waals surface area contributed by atoms with E-state index in [1.54, 1.807) is 0 Å².